The number of anilines is 1. The Bertz CT molecular complexity index is 515. The fourth-order valence-corrected chi connectivity index (χ4v) is 3.64. The van der Waals surface area contributed by atoms with Crippen molar-refractivity contribution in [3.05, 3.63) is 29.3 Å². The third-order valence-electron chi connectivity index (χ3n) is 4.89. The first-order valence-corrected chi connectivity index (χ1v) is 8.04. The van der Waals surface area contributed by atoms with Crippen LogP contribution in [0.1, 0.15) is 41.6 Å². The van der Waals surface area contributed by atoms with Crippen LogP contribution in [-0.4, -0.2) is 47.9 Å². The minimum atomic E-state index is 0.160. The number of aryl methyl sites for hydroxylation is 1. The van der Waals surface area contributed by atoms with Gasteiger partial charge in [-0.3, -0.25) is 4.79 Å². The van der Waals surface area contributed by atoms with E-state index in [0.717, 1.165) is 42.7 Å². The van der Waals surface area contributed by atoms with Crippen LogP contribution in [0.2, 0.25) is 0 Å². The van der Waals surface area contributed by atoms with Gasteiger partial charge in [0.2, 0.25) is 0 Å². The Morgan fingerprint density at radius 1 is 1.14 bits per heavy atom. The number of amides is 1. The van der Waals surface area contributed by atoms with Gasteiger partial charge in [0.15, 0.2) is 0 Å². The molecule has 0 atom stereocenters. The summed E-state index contributed by atoms with van der Waals surface area (Å²) in [5.41, 5.74) is 8.25. The van der Waals surface area contributed by atoms with Gasteiger partial charge in [0.25, 0.3) is 5.91 Å². The van der Waals surface area contributed by atoms with E-state index in [1.165, 1.54) is 25.9 Å². The molecule has 0 spiro atoms. The fourth-order valence-electron chi connectivity index (χ4n) is 3.64. The average Bonchev–Trinajstić information content (AvgIpc) is 3.01. The van der Waals surface area contributed by atoms with Gasteiger partial charge in [-0.25, -0.2) is 0 Å². The molecular weight excluding hydrogens is 262 g/mol. The molecule has 2 aliphatic rings. The van der Waals surface area contributed by atoms with Crippen LogP contribution < -0.4 is 5.73 Å². The van der Waals surface area contributed by atoms with E-state index in [0.29, 0.717) is 6.04 Å². The molecule has 0 unspecified atom stereocenters. The van der Waals surface area contributed by atoms with Gasteiger partial charge in [-0.1, -0.05) is 0 Å². The van der Waals surface area contributed by atoms with Crippen molar-refractivity contribution >= 4 is 11.6 Å². The van der Waals surface area contributed by atoms with Crippen LogP contribution in [0.25, 0.3) is 0 Å². The summed E-state index contributed by atoms with van der Waals surface area (Å²) in [7, 11) is 0. The molecule has 0 bridgehead atoms. The highest BCUT2D eigenvalue weighted by atomic mass is 16.2. The van der Waals surface area contributed by atoms with E-state index in [4.69, 9.17) is 5.73 Å². The van der Waals surface area contributed by atoms with Crippen molar-refractivity contribution < 1.29 is 4.79 Å². The number of carbonyl (C=O) groups is 1. The van der Waals surface area contributed by atoms with Crippen LogP contribution in [0.5, 0.6) is 0 Å². The highest BCUT2D eigenvalue weighted by molar-refractivity contribution is 5.96. The summed E-state index contributed by atoms with van der Waals surface area (Å²) in [5, 5.41) is 0. The average molecular weight is 287 g/mol. The molecule has 4 nitrogen and oxygen atoms in total. The smallest absolute Gasteiger partial charge is 0.254 e. The number of nitrogens with zero attached hydrogens (tertiary/aromatic N) is 2. The predicted octanol–water partition coefficient (Wildman–Crippen LogP) is 2.28. The molecule has 1 aromatic rings. The molecule has 2 saturated heterocycles. The summed E-state index contributed by atoms with van der Waals surface area (Å²) in [6.45, 7) is 6.21. The van der Waals surface area contributed by atoms with E-state index in [-0.39, 0.29) is 5.91 Å². The highest BCUT2D eigenvalue weighted by Crippen LogP contribution is 2.23. The zero-order chi connectivity index (χ0) is 14.8. The SMILES string of the molecule is Cc1cc(N)ccc1C(=O)N1CCC(N2CCCC2)CC1. The van der Waals surface area contributed by atoms with E-state index in [9.17, 15) is 4.79 Å². The first-order valence-electron chi connectivity index (χ1n) is 8.04. The second-order valence-electron chi connectivity index (χ2n) is 6.34. The standard InChI is InChI=1S/C17H25N3O/c1-13-12-14(18)4-5-16(13)17(21)20-10-6-15(7-11-20)19-8-2-3-9-19/h4-5,12,15H,2-3,6-11,18H2,1H3. The molecule has 3 rings (SSSR count). The van der Waals surface area contributed by atoms with Gasteiger partial charge in [-0.2, -0.15) is 0 Å². The quantitative estimate of drug-likeness (QED) is 0.849. The summed E-state index contributed by atoms with van der Waals surface area (Å²) in [4.78, 5) is 17.2. The van der Waals surface area contributed by atoms with Crippen molar-refractivity contribution in [1.82, 2.24) is 9.80 Å². The number of carbonyl (C=O) groups excluding carboxylic acids is 1. The molecule has 1 aromatic carbocycles. The number of likely N-dealkylation sites (tertiary alicyclic amines) is 2. The number of hydrogen-bond donors (Lipinski definition) is 1. The normalized spacial score (nSPS) is 20.9. The third kappa shape index (κ3) is 3.05. The van der Waals surface area contributed by atoms with Crippen molar-refractivity contribution in [2.75, 3.05) is 31.9 Å². The van der Waals surface area contributed by atoms with E-state index in [1.54, 1.807) is 0 Å². The van der Waals surface area contributed by atoms with Crippen LogP contribution in [0.4, 0.5) is 5.69 Å². The Kier molecular flexibility index (Phi) is 4.15. The van der Waals surface area contributed by atoms with Crippen molar-refractivity contribution in [2.45, 2.75) is 38.6 Å². The lowest BCUT2D eigenvalue weighted by Gasteiger charge is -2.36. The molecule has 0 radical (unpaired) electrons. The Morgan fingerprint density at radius 3 is 2.43 bits per heavy atom. The lowest BCUT2D eigenvalue weighted by atomic mass is 10.0. The summed E-state index contributed by atoms with van der Waals surface area (Å²) in [6, 6.07) is 6.24. The van der Waals surface area contributed by atoms with Gasteiger partial charge < -0.3 is 15.5 Å². The predicted molar refractivity (Wildman–Crippen MR) is 85.3 cm³/mol. The fraction of sp³-hybridized carbons (Fsp3) is 0.588. The van der Waals surface area contributed by atoms with Gasteiger partial charge in [-0.05, 0) is 69.5 Å². The number of piperidine rings is 1. The Morgan fingerprint density at radius 2 is 1.81 bits per heavy atom. The minimum absolute atomic E-state index is 0.160. The highest BCUT2D eigenvalue weighted by Gasteiger charge is 2.28. The molecule has 0 aliphatic carbocycles. The monoisotopic (exact) mass is 287 g/mol. The Hall–Kier alpha value is -1.55. The van der Waals surface area contributed by atoms with E-state index in [2.05, 4.69) is 4.90 Å². The first-order chi connectivity index (χ1) is 10.1. The third-order valence-corrected chi connectivity index (χ3v) is 4.89. The molecule has 2 heterocycles. The molecule has 2 fully saturated rings. The zero-order valence-corrected chi connectivity index (χ0v) is 12.8. The van der Waals surface area contributed by atoms with Crippen LogP contribution in [0.15, 0.2) is 18.2 Å². The molecule has 21 heavy (non-hydrogen) atoms. The van der Waals surface area contributed by atoms with Gasteiger partial charge >= 0.3 is 0 Å². The van der Waals surface area contributed by atoms with Gasteiger partial charge in [0.05, 0.1) is 0 Å². The van der Waals surface area contributed by atoms with Gasteiger partial charge in [-0.15, -0.1) is 0 Å². The summed E-state index contributed by atoms with van der Waals surface area (Å²) in [5.74, 6) is 0.160. The van der Waals surface area contributed by atoms with Crippen molar-refractivity contribution in [1.29, 1.82) is 0 Å². The zero-order valence-electron chi connectivity index (χ0n) is 12.8. The maximum absolute atomic E-state index is 12.6. The van der Waals surface area contributed by atoms with Crippen molar-refractivity contribution in [3.8, 4) is 0 Å². The lowest BCUT2D eigenvalue weighted by molar-refractivity contribution is 0.0644. The Labute approximate surface area is 126 Å². The number of hydrogen-bond acceptors (Lipinski definition) is 3. The molecule has 4 heteroatoms. The molecule has 114 valence electrons. The summed E-state index contributed by atoms with van der Waals surface area (Å²) in [6.07, 6.45) is 4.90. The summed E-state index contributed by atoms with van der Waals surface area (Å²) < 4.78 is 0. The lowest BCUT2D eigenvalue weighted by Crippen LogP contribution is -2.46. The van der Waals surface area contributed by atoms with E-state index in [1.807, 2.05) is 30.0 Å². The topological polar surface area (TPSA) is 49.6 Å². The molecule has 2 N–H and O–H groups in total. The second-order valence-corrected chi connectivity index (χ2v) is 6.34. The summed E-state index contributed by atoms with van der Waals surface area (Å²) >= 11 is 0. The van der Waals surface area contributed by atoms with Gasteiger partial charge in [0.1, 0.15) is 0 Å². The maximum Gasteiger partial charge on any atom is 0.254 e. The van der Waals surface area contributed by atoms with Crippen LogP contribution in [-0.2, 0) is 0 Å². The molecule has 0 saturated carbocycles. The first kappa shape index (κ1) is 14.4. The Balaban J connectivity index is 1.62. The molecular formula is C17H25N3O. The van der Waals surface area contributed by atoms with E-state index < -0.39 is 0 Å². The van der Waals surface area contributed by atoms with E-state index >= 15 is 0 Å². The van der Waals surface area contributed by atoms with Crippen LogP contribution in [0.3, 0.4) is 0 Å². The molecule has 1 amide bonds. The second kappa shape index (κ2) is 6.06. The van der Waals surface area contributed by atoms with Crippen LogP contribution >= 0.6 is 0 Å². The number of benzene rings is 1. The molecule has 2 aliphatic heterocycles. The number of rotatable bonds is 2. The van der Waals surface area contributed by atoms with Crippen LogP contribution in [0, 0.1) is 6.92 Å². The molecule has 0 aromatic heterocycles. The van der Waals surface area contributed by atoms with Gasteiger partial charge in [0, 0.05) is 30.4 Å². The number of nitrogen functional groups attached to an aromatic ring is 1. The number of nitrogens with two attached hydrogens (primary N) is 1. The largest absolute Gasteiger partial charge is 0.399 e. The minimum Gasteiger partial charge on any atom is -0.399 e. The maximum atomic E-state index is 12.6. The van der Waals surface area contributed by atoms with Crippen molar-refractivity contribution in [2.24, 2.45) is 0 Å². The van der Waals surface area contributed by atoms with Crippen molar-refractivity contribution in [3.63, 3.8) is 0 Å².